The van der Waals surface area contributed by atoms with Crippen LogP contribution in [-0.4, -0.2) is 59.9 Å². The van der Waals surface area contributed by atoms with E-state index in [-0.39, 0.29) is 19.4 Å². The number of phosphoric acid groups is 1. The van der Waals surface area contributed by atoms with Gasteiger partial charge < -0.3 is 25.2 Å². The summed E-state index contributed by atoms with van der Waals surface area (Å²) < 4.78 is 32.6. The van der Waals surface area contributed by atoms with Crippen LogP contribution in [0, 0.1) is 0 Å². The van der Waals surface area contributed by atoms with Gasteiger partial charge in [0.15, 0.2) is 6.10 Å². The average molecular weight is 782 g/mol. The summed E-state index contributed by atoms with van der Waals surface area (Å²) in [5.41, 5.74) is 5.32. The Bertz CT molecular complexity index is 1150. The van der Waals surface area contributed by atoms with Crippen LogP contribution >= 0.6 is 7.82 Å². The van der Waals surface area contributed by atoms with Crippen molar-refractivity contribution in [3.63, 3.8) is 0 Å². The third-order valence-corrected chi connectivity index (χ3v) is 9.17. The van der Waals surface area contributed by atoms with Crippen LogP contribution in [0.4, 0.5) is 0 Å². The van der Waals surface area contributed by atoms with Gasteiger partial charge in [0.05, 0.1) is 13.2 Å². The normalized spacial score (nSPS) is 14.4. The molecule has 0 radical (unpaired) electrons. The number of aliphatic carboxylic acids is 1. The number of allylic oxidation sites excluding steroid dienone is 10. The molecular weight excluding hydrogens is 709 g/mol. The number of hydrogen-bond donors (Lipinski definition) is 3. The minimum absolute atomic E-state index is 0.118. The summed E-state index contributed by atoms with van der Waals surface area (Å²) in [6.45, 7) is 2.65. The van der Waals surface area contributed by atoms with Gasteiger partial charge in [-0.05, 0) is 77.0 Å². The molecule has 0 aromatic carbocycles. The average Bonchev–Trinajstić information content (AvgIpc) is 3.14. The molecule has 12 heteroatoms. The monoisotopic (exact) mass is 781 g/mol. The Morgan fingerprint density at radius 2 is 1.02 bits per heavy atom. The highest BCUT2D eigenvalue weighted by Gasteiger charge is 2.28. The van der Waals surface area contributed by atoms with Crippen molar-refractivity contribution in [1.82, 2.24) is 0 Å². The molecule has 0 rings (SSSR count). The highest BCUT2D eigenvalue weighted by atomic mass is 31.2. The number of carbonyl (C=O) groups is 3. The molecule has 0 saturated carbocycles. The number of ether oxygens (including phenoxy) is 2. The molecule has 310 valence electrons. The van der Waals surface area contributed by atoms with Gasteiger partial charge in [0, 0.05) is 12.8 Å². The first-order chi connectivity index (χ1) is 26.1. The molecule has 0 spiro atoms. The fourth-order valence-electron chi connectivity index (χ4n) is 4.99. The van der Waals surface area contributed by atoms with E-state index in [9.17, 15) is 23.8 Å². The third kappa shape index (κ3) is 36.2. The van der Waals surface area contributed by atoms with E-state index in [1.54, 1.807) is 0 Å². The Morgan fingerprint density at radius 1 is 0.574 bits per heavy atom. The van der Waals surface area contributed by atoms with Gasteiger partial charge in [-0.2, -0.15) is 0 Å². The second kappa shape index (κ2) is 37.1. The lowest BCUT2D eigenvalue weighted by molar-refractivity contribution is -0.161. The molecule has 3 atom stereocenters. The van der Waals surface area contributed by atoms with E-state index in [4.69, 9.17) is 24.8 Å². The standard InChI is InChI=1S/C42H72NO10P/c1-3-5-7-9-11-13-15-17-18-19-20-22-24-26-28-30-32-34-41(45)53-38(36-51-54(48,49)52-37-39(43)42(46)47)35-50-40(44)33-31-29-27-25-23-21-16-14-12-10-8-6-4-2/h7,9,13,15,18-19,21-24,38-39H,3-6,8,10-12,14,16-17,20,25-37,43H2,1-2H3,(H,46,47)(H,48,49)/b9-7+,15-13+,19-18+,23-21+,24-22+/t38-,39+/m1/s1. The predicted molar refractivity (Wildman–Crippen MR) is 217 cm³/mol. The van der Waals surface area contributed by atoms with Crippen molar-refractivity contribution in [2.45, 2.75) is 167 Å². The van der Waals surface area contributed by atoms with Crippen LogP contribution in [0.25, 0.3) is 0 Å². The van der Waals surface area contributed by atoms with Gasteiger partial charge >= 0.3 is 25.7 Å². The number of phosphoric ester groups is 1. The van der Waals surface area contributed by atoms with Crippen molar-refractivity contribution in [1.29, 1.82) is 0 Å². The topological polar surface area (TPSA) is 172 Å². The summed E-state index contributed by atoms with van der Waals surface area (Å²) in [5, 5.41) is 8.87. The molecule has 0 heterocycles. The molecule has 0 aliphatic carbocycles. The van der Waals surface area contributed by atoms with Gasteiger partial charge in [0.25, 0.3) is 0 Å². The quantitative estimate of drug-likeness (QED) is 0.0237. The molecule has 0 bridgehead atoms. The molecule has 0 aliphatic heterocycles. The largest absolute Gasteiger partial charge is 0.480 e. The van der Waals surface area contributed by atoms with Crippen molar-refractivity contribution in [3.8, 4) is 0 Å². The number of carboxylic acids is 1. The molecule has 11 nitrogen and oxygen atoms in total. The van der Waals surface area contributed by atoms with Crippen LogP contribution in [0.5, 0.6) is 0 Å². The first-order valence-corrected chi connectivity index (χ1v) is 21.8. The molecule has 0 amide bonds. The molecule has 0 saturated heterocycles. The smallest absolute Gasteiger partial charge is 0.472 e. The van der Waals surface area contributed by atoms with E-state index in [0.29, 0.717) is 12.8 Å². The summed E-state index contributed by atoms with van der Waals surface area (Å²) >= 11 is 0. The Balaban J connectivity index is 4.51. The summed E-state index contributed by atoms with van der Waals surface area (Å²) in [5.74, 6) is -2.45. The Morgan fingerprint density at radius 3 is 1.56 bits per heavy atom. The van der Waals surface area contributed by atoms with Crippen molar-refractivity contribution in [2.75, 3.05) is 19.8 Å². The molecule has 4 N–H and O–H groups in total. The molecule has 1 unspecified atom stereocenters. The van der Waals surface area contributed by atoms with Crippen molar-refractivity contribution in [3.05, 3.63) is 60.8 Å². The molecule has 0 fully saturated rings. The minimum atomic E-state index is -4.73. The van der Waals surface area contributed by atoms with E-state index in [1.165, 1.54) is 44.9 Å². The molecule has 0 aromatic heterocycles. The summed E-state index contributed by atoms with van der Waals surface area (Å²) in [6.07, 6.45) is 41.4. The van der Waals surface area contributed by atoms with Crippen LogP contribution in [0.15, 0.2) is 60.8 Å². The van der Waals surface area contributed by atoms with Gasteiger partial charge in [0.2, 0.25) is 0 Å². The maximum atomic E-state index is 12.6. The minimum Gasteiger partial charge on any atom is -0.480 e. The summed E-state index contributed by atoms with van der Waals surface area (Å²) in [4.78, 5) is 45.8. The van der Waals surface area contributed by atoms with Crippen LogP contribution in [0.3, 0.4) is 0 Å². The lowest BCUT2D eigenvalue weighted by atomic mass is 10.1. The van der Waals surface area contributed by atoms with E-state index in [0.717, 1.165) is 70.6 Å². The van der Waals surface area contributed by atoms with Crippen LogP contribution in [0.1, 0.15) is 155 Å². The highest BCUT2D eigenvalue weighted by molar-refractivity contribution is 7.47. The van der Waals surface area contributed by atoms with Gasteiger partial charge in [-0.3, -0.25) is 23.4 Å². The zero-order valence-corrected chi connectivity index (χ0v) is 34.2. The van der Waals surface area contributed by atoms with Gasteiger partial charge in [-0.25, -0.2) is 4.57 Å². The lowest BCUT2D eigenvalue weighted by Gasteiger charge is -2.20. The Kier molecular flexibility index (Phi) is 35.2. The summed E-state index contributed by atoms with van der Waals surface area (Å²) in [7, 11) is -4.73. The summed E-state index contributed by atoms with van der Waals surface area (Å²) in [6, 6.07) is -1.53. The number of carbonyl (C=O) groups excluding carboxylic acids is 2. The first-order valence-electron chi connectivity index (χ1n) is 20.3. The SMILES string of the molecule is CCC/C=C/C/C=C/C/C=C/C/C=C/CCCCCC(=O)O[C@H](COC(=O)CCCCC/C=C/CCCCCCCC)COP(=O)(O)OC[C@H](N)C(=O)O. The lowest BCUT2D eigenvalue weighted by Crippen LogP contribution is -2.34. The zero-order chi connectivity index (χ0) is 40.0. The van der Waals surface area contributed by atoms with E-state index in [2.05, 4.69) is 79.1 Å². The number of esters is 2. The van der Waals surface area contributed by atoms with Crippen molar-refractivity contribution >= 4 is 25.7 Å². The maximum Gasteiger partial charge on any atom is 0.472 e. The van der Waals surface area contributed by atoms with Crippen LogP contribution in [-0.2, 0) is 37.5 Å². The number of carboxylic acid groups (broad SMARTS) is 1. The predicted octanol–water partition coefficient (Wildman–Crippen LogP) is 10.4. The second-order valence-corrected chi connectivity index (χ2v) is 14.9. The van der Waals surface area contributed by atoms with Gasteiger partial charge in [0.1, 0.15) is 12.6 Å². The fourth-order valence-corrected chi connectivity index (χ4v) is 5.77. The van der Waals surface area contributed by atoms with E-state index < -0.39 is 51.1 Å². The molecule has 54 heavy (non-hydrogen) atoms. The number of hydrogen-bond acceptors (Lipinski definition) is 9. The first kappa shape index (κ1) is 51.2. The number of unbranched alkanes of at least 4 members (excludes halogenated alkanes) is 13. The number of nitrogens with two attached hydrogens (primary N) is 1. The second-order valence-electron chi connectivity index (χ2n) is 13.4. The third-order valence-electron chi connectivity index (χ3n) is 8.22. The number of rotatable bonds is 37. The molecule has 0 aliphatic rings. The maximum absolute atomic E-state index is 12.6. The van der Waals surface area contributed by atoms with Crippen LogP contribution < -0.4 is 5.73 Å². The fraction of sp³-hybridized carbons (Fsp3) is 0.690. The van der Waals surface area contributed by atoms with E-state index in [1.807, 2.05) is 0 Å². The molecular formula is C42H72NO10P. The van der Waals surface area contributed by atoms with E-state index >= 15 is 0 Å². The molecule has 0 aromatic rings. The zero-order valence-electron chi connectivity index (χ0n) is 33.3. The van der Waals surface area contributed by atoms with Crippen molar-refractivity contribution in [2.24, 2.45) is 5.73 Å². The van der Waals surface area contributed by atoms with Crippen LogP contribution in [0.2, 0.25) is 0 Å². The van der Waals surface area contributed by atoms with Crippen molar-refractivity contribution < 1.29 is 47.5 Å². The Hall–Kier alpha value is -2.82. The Labute approximate surface area is 326 Å². The highest BCUT2D eigenvalue weighted by Crippen LogP contribution is 2.43. The van der Waals surface area contributed by atoms with Gasteiger partial charge in [-0.1, -0.05) is 126 Å². The van der Waals surface area contributed by atoms with Gasteiger partial charge in [-0.15, -0.1) is 0 Å².